The van der Waals surface area contributed by atoms with Gasteiger partial charge in [-0.1, -0.05) is 6.92 Å². The second-order valence-corrected chi connectivity index (χ2v) is 9.49. The third-order valence-electron chi connectivity index (χ3n) is 3.35. The lowest BCUT2D eigenvalue weighted by molar-refractivity contribution is -0.136. The zero-order chi connectivity index (χ0) is 14.9. The highest BCUT2D eigenvalue weighted by Gasteiger charge is 2.35. The molecule has 1 aromatic rings. The molecule has 0 saturated carbocycles. The van der Waals surface area contributed by atoms with Crippen molar-refractivity contribution in [2.45, 2.75) is 35.8 Å². The van der Waals surface area contributed by atoms with Crippen LogP contribution in [-0.2, 0) is 21.2 Å². The van der Waals surface area contributed by atoms with Crippen LogP contribution in [0.15, 0.2) is 16.3 Å². The molecule has 20 heavy (non-hydrogen) atoms. The molecule has 0 aromatic carbocycles. The number of aliphatic carboxylic acids is 1. The topological polar surface area (TPSA) is 74.7 Å². The van der Waals surface area contributed by atoms with Gasteiger partial charge >= 0.3 is 5.97 Å². The first-order valence-corrected chi connectivity index (χ1v) is 9.57. The number of hydrogen-bond donors (Lipinski definition) is 1. The van der Waals surface area contributed by atoms with Gasteiger partial charge in [0.25, 0.3) is 10.0 Å². The fourth-order valence-corrected chi connectivity index (χ4v) is 6.57. The minimum Gasteiger partial charge on any atom is -0.481 e. The molecule has 2 heterocycles. The highest BCUT2D eigenvalue weighted by Crippen LogP contribution is 2.32. The van der Waals surface area contributed by atoms with E-state index in [4.69, 9.17) is 5.11 Å². The van der Waals surface area contributed by atoms with Gasteiger partial charge in [0.1, 0.15) is 4.21 Å². The van der Waals surface area contributed by atoms with Gasteiger partial charge in [-0.15, -0.1) is 11.3 Å². The summed E-state index contributed by atoms with van der Waals surface area (Å²) in [6.07, 6.45) is -0.137. The van der Waals surface area contributed by atoms with Crippen molar-refractivity contribution in [1.82, 2.24) is 4.31 Å². The van der Waals surface area contributed by atoms with Gasteiger partial charge in [-0.25, -0.2) is 8.42 Å². The van der Waals surface area contributed by atoms with Crippen molar-refractivity contribution in [2.75, 3.05) is 12.3 Å². The zero-order valence-electron chi connectivity index (χ0n) is 11.3. The standard InChI is InChI=1S/C12H17NO4S3/c1-8-9(2)18-6-5-13(8)20(16,17)12-4-3-10(19-12)7-11(14)15/h3-4,8-9H,5-7H2,1-2H3,(H,14,15). The van der Waals surface area contributed by atoms with Crippen LogP contribution in [-0.4, -0.2) is 47.4 Å². The van der Waals surface area contributed by atoms with Gasteiger partial charge in [0.2, 0.25) is 0 Å². The maximum atomic E-state index is 12.6. The Morgan fingerprint density at radius 3 is 2.80 bits per heavy atom. The average molecular weight is 335 g/mol. The first-order chi connectivity index (χ1) is 9.32. The van der Waals surface area contributed by atoms with Gasteiger partial charge in [-0.3, -0.25) is 4.79 Å². The minimum absolute atomic E-state index is 0.0521. The molecule has 1 aliphatic rings. The summed E-state index contributed by atoms with van der Waals surface area (Å²) < 4.78 is 27.0. The summed E-state index contributed by atoms with van der Waals surface area (Å²) in [5, 5.41) is 9.01. The van der Waals surface area contributed by atoms with E-state index in [1.54, 1.807) is 17.8 Å². The van der Waals surface area contributed by atoms with Crippen LogP contribution in [0.2, 0.25) is 0 Å². The van der Waals surface area contributed by atoms with Crippen molar-refractivity contribution < 1.29 is 18.3 Å². The Bertz CT molecular complexity index is 596. The number of nitrogens with zero attached hydrogens (tertiary/aromatic N) is 1. The number of hydrogen-bond acceptors (Lipinski definition) is 5. The molecular weight excluding hydrogens is 318 g/mol. The largest absolute Gasteiger partial charge is 0.481 e. The lowest BCUT2D eigenvalue weighted by Gasteiger charge is -2.35. The first kappa shape index (κ1) is 15.8. The highest BCUT2D eigenvalue weighted by atomic mass is 32.2. The maximum Gasteiger partial charge on any atom is 0.308 e. The van der Waals surface area contributed by atoms with Crippen molar-refractivity contribution in [3.05, 3.63) is 17.0 Å². The molecule has 1 N–H and O–H groups in total. The maximum absolute atomic E-state index is 12.6. The van der Waals surface area contributed by atoms with Gasteiger partial charge in [0.15, 0.2) is 0 Å². The van der Waals surface area contributed by atoms with Crippen molar-refractivity contribution in [3.8, 4) is 0 Å². The third kappa shape index (κ3) is 3.19. The number of sulfonamides is 1. The fourth-order valence-electron chi connectivity index (χ4n) is 2.10. The second-order valence-electron chi connectivity index (χ2n) is 4.72. The average Bonchev–Trinajstić information content (AvgIpc) is 2.80. The van der Waals surface area contributed by atoms with Crippen LogP contribution in [0.25, 0.3) is 0 Å². The number of thioether (sulfide) groups is 1. The molecular formula is C12H17NO4S3. The smallest absolute Gasteiger partial charge is 0.308 e. The van der Waals surface area contributed by atoms with E-state index < -0.39 is 16.0 Å². The summed E-state index contributed by atoms with van der Waals surface area (Å²) in [7, 11) is -3.51. The highest BCUT2D eigenvalue weighted by molar-refractivity contribution is 8.00. The lowest BCUT2D eigenvalue weighted by Crippen LogP contribution is -2.47. The van der Waals surface area contributed by atoms with E-state index >= 15 is 0 Å². The van der Waals surface area contributed by atoms with Gasteiger partial charge < -0.3 is 5.11 Å². The Balaban J connectivity index is 2.25. The molecule has 2 atom stereocenters. The fraction of sp³-hybridized carbons (Fsp3) is 0.583. The van der Waals surface area contributed by atoms with E-state index in [2.05, 4.69) is 0 Å². The van der Waals surface area contributed by atoms with Crippen LogP contribution in [0.4, 0.5) is 0 Å². The van der Waals surface area contributed by atoms with Crippen LogP contribution in [0.3, 0.4) is 0 Å². The Morgan fingerprint density at radius 1 is 1.45 bits per heavy atom. The van der Waals surface area contributed by atoms with E-state index in [9.17, 15) is 13.2 Å². The number of carboxylic acid groups (broad SMARTS) is 1. The summed E-state index contributed by atoms with van der Waals surface area (Å²) in [5.74, 6) is -0.162. The summed E-state index contributed by atoms with van der Waals surface area (Å²) in [6.45, 7) is 4.45. The second kappa shape index (κ2) is 6.05. The van der Waals surface area contributed by atoms with Crippen LogP contribution in [0.1, 0.15) is 18.7 Å². The van der Waals surface area contributed by atoms with E-state index in [1.165, 1.54) is 10.4 Å². The van der Waals surface area contributed by atoms with E-state index in [-0.39, 0.29) is 21.9 Å². The molecule has 0 bridgehead atoms. The van der Waals surface area contributed by atoms with Crippen LogP contribution >= 0.6 is 23.1 Å². The molecule has 1 fully saturated rings. The number of carboxylic acids is 1. The monoisotopic (exact) mass is 335 g/mol. The van der Waals surface area contributed by atoms with Gasteiger partial charge in [-0.2, -0.15) is 16.1 Å². The number of thiophene rings is 1. The Labute approximate surface area is 127 Å². The number of carbonyl (C=O) groups is 1. The predicted molar refractivity (Wildman–Crippen MR) is 80.9 cm³/mol. The summed E-state index contributed by atoms with van der Waals surface area (Å²) in [6, 6.07) is 3.04. The Kier molecular flexibility index (Phi) is 4.78. The molecule has 1 saturated heterocycles. The predicted octanol–water partition coefficient (Wildman–Crippen LogP) is 1.89. The molecule has 2 rings (SSSR count). The van der Waals surface area contributed by atoms with E-state index in [0.717, 1.165) is 17.1 Å². The lowest BCUT2D eigenvalue weighted by atomic mass is 10.2. The molecule has 2 unspecified atom stereocenters. The Morgan fingerprint density at radius 2 is 2.15 bits per heavy atom. The van der Waals surface area contributed by atoms with E-state index in [0.29, 0.717) is 11.4 Å². The summed E-state index contributed by atoms with van der Waals surface area (Å²) >= 11 is 2.82. The quantitative estimate of drug-likeness (QED) is 0.909. The number of rotatable bonds is 4. The molecule has 0 spiro atoms. The third-order valence-corrected chi connectivity index (χ3v) is 8.23. The minimum atomic E-state index is -3.51. The molecule has 1 aromatic heterocycles. The molecule has 0 amide bonds. The molecule has 8 heteroatoms. The van der Waals surface area contributed by atoms with Crippen LogP contribution in [0.5, 0.6) is 0 Å². The van der Waals surface area contributed by atoms with Gasteiger partial charge in [0.05, 0.1) is 6.42 Å². The van der Waals surface area contributed by atoms with Crippen LogP contribution in [0, 0.1) is 0 Å². The first-order valence-electron chi connectivity index (χ1n) is 6.26. The van der Waals surface area contributed by atoms with E-state index in [1.807, 2.05) is 13.8 Å². The summed E-state index contributed by atoms with van der Waals surface area (Å²) in [5.41, 5.74) is 0. The van der Waals surface area contributed by atoms with Gasteiger partial charge in [0, 0.05) is 28.5 Å². The molecule has 0 aliphatic carbocycles. The normalized spacial score (nSPS) is 24.7. The Hall–Kier alpha value is -0.570. The molecule has 0 radical (unpaired) electrons. The van der Waals surface area contributed by atoms with Gasteiger partial charge in [-0.05, 0) is 19.1 Å². The molecule has 1 aliphatic heterocycles. The zero-order valence-corrected chi connectivity index (χ0v) is 13.7. The van der Waals surface area contributed by atoms with Crippen LogP contribution < -0.4 is 0 Å². The van der Waals surface area contributed by atoms with Crippen molar-refractivity contribution in [3.63, 3.8) is 0 Å². The molecule has 112 valence electrons. The SMILES string of the molecule is CC1SCCN(S(=O)(=O)c2ccc(CC(=O)O)s2)C1C. The van der Waals surface area contributed by atoms with Crippen molar-refractivity contribution in [2.24, 2.45) is 0 Å². The van der Waals surface area contributed by atoms with Crippen molar-refractivity contribution >= 4 is 39.1 Å². The molecule has 5 nitrogen and oxygen atoms in total. The van der Waals surface area contributed by atoms with Crippen molar-refractivity contribution in [1.29, 1.82) is 0 Å². The summed E-state index contributed by atoms with van der Waals surface area (Å²) in [4.78, 5) is 11.2.